The first-order valence-corrected chi connectivity index (χ1v) is 2.39. The molecule has 0 saturated carbocycles. The Labute approximate surface area is 49.5 Å². The Hall–Kier alpha value is -1.15. The van der Waals surface area contributed by atoms with Crippen LogP contribution < -0.4 is 5.32 Å². The maximum absolute atomic E-state index is 8.03. The van der Waals surface area contributed by atoms with E-state index in [9.17, 15) is 0 Å². The second-order valence-electron chi connectivity index (χ2n) is 1.57. The Morgan fingerprint density at radius 3 is 2.88 bits per heavy atom. The Morgan fingerprint density at radius 1 is 1.88 bits per heavy atom. The van der Waals surface area contributed by atoms with Crippen LogP contribution in [0.15, 0.2) is 0 Å². The van der Waals surface area contributed by atoms with Gasteiger partial charge in [0.15, 0.2) is 6.19 Å². The van der Waals surface area contributed by atoms with Gasteiger partial charge in [-0.1, -0.05) is 0 Å². The molecule has 0 amide bonds. The van der Waals surface area contributed by atoms with E-state index < -0.39 is 0 Å². The normalized spacial score (nSPS) is 10.9. The molecule has 0 spiro atoms. The zero-order valence-corrected chi connectivity index (χ0v) is 4.81. The molecule has 1 unspecified atom stereocenters. The zero-order chi connectivity index (χ0) is 6.41. The summed E-state index contributed by atoms with van der Waals surface area (Å²) in [5.41, 5.74) is 0. The summed E-state index contributed by atoms with van der Waals surface area (Å²) >= 11 is 0. The highest BCUT2D eigenvalue weighted by molar-refractivity contribution is 4.89. The maximum atomic E-state index is 8.03. The second kappa shape index (κ2) is 4.02. The molecule has 2 heteroatoms. The van der Waals surface area contributed by atoms with Gasteiger partial charge in [-0.15, -0.1) is 12.3 Å². The van der Waals surface area contributed by atoms with Crippen LogP contribution in [0.4, 0.5) is 0 Å². The molecular formula is C6H8N2. The Bertz CT molecular complexity index is 110. The monoisotopic (exact) mass is 108 g/mol. The molecule has 2 nitrogen and oxygen atoms in total. The standard InChI is InChI=1S/C6H8N2/c1-3-4-6(2)8-5-7/h1,6,8H,4H2,2H3. The van der Waals surface area contributed by atoms with E-state index in [1.54, 1.807) is 6.19 Å². The van der Waals surface area contributed by atoms with E-state index in [-0.39, 0.29) is 6.04 Å². The van der Waals surface area contributed by atoms with Crippen LogP contribution in [0, 0.1) is 23.8 Å². The number of hydrogen-bond donors (Lipinski definition) is 1. The van der Waals surface area contributed by atoms with Crippen LogP contribution in [0.25, 0.3) is 0 Å². The van der Waals surface area contributed by atoms with Crippen LogP contribution in [-0.4, -0.2) is 6.04 Å². The molecule has 0 aromatic carbocycles. The SMILES string of the molecule is C#CCC(C)NC#N. The van der Waals surface area contributed by atoms with E-state index in [4.69, 9.17) is 11.7 Å². The average Bonchev–Trinajstić information content (AvgIpc) is 1.68. The first-order valence-electron chi connectivity index (χ1n) is 2.39. The fourth-order valence-corrected chi connectivity index (χ4v) is 0.338. The van der Waals surface area contributed by atoms with Crippen LogP contribution in [-0.2, 0) is 0 Å². The Morgan fingerprint density at radius 2 is 2.50 bits per heavy atom. The van der Waals surface area contributed by atoms with Crippen LogP contribution in [0.3, 0.4) is 0 Å². The molecule has 0 aliphatic heterocycles. The van der Waals surface area contributed by atoms with Crippen molar-refractivity contribution in [2.75, 3.05) is 0 Å². The lowest BCUT2D eigenvalue weighted by Crippen LogP contribution is -2.19. The van der Waals surface area contributed by atoms with Gasteiger partial charge < -0.3 is 5.32 Å². The van der Waals surface area contributed by atoms with Gasteiger partial charge in [-0.05, 0) is 6.92 Å². The number of rotatable bonds is 2. The minimum atomic E-state index is 0.116. The summed E-state index contributed by atoms with van der Waals surface area (Å²) < 4.78 is 0. The van der Waals surface area contributed by atoms with Crippen LogP contribution in [0.1, 0.15) is 13.3 Å². The van der Waals surface area contributed by atoms with Gasteiger partial charge >= 0.3 is 0 Å². The third-order valence-corrected chi connectivity index (χ3v) is 0.735. The highest BCUT2D eigenvalue weighted by atomic mass is 14.9. The van der Waals surface area contributed by atoms with Crippen molar-refractivity contribution in [2.24, 2.45) is 0 Å². The minimum Gasteiger partial charge on any atom is -0.320 e. The number of hydrogen-bond acceptors (Lipinski definition) is 2. The third-order valence-electron chi connectivity index (χ3n) is 0.735. The van der Waals surface area contributed by atoms with E-state index in [1.165, 1.54) is 0 Å². The topological polar surface area (TPSA) is 35.8 Å². The first-order chi connectivity index (χ1) is 3.81. The molecule has 0 saturated heterocycles. The van der Waals surface area contributed by atoms with Crippen LogP contribution >= 0.6 is 0 Å². The van der Waals surface area contributed by atoms with Crippen molar-refractivity contribution in [3.8, 4) is 18.5 Å². The molecular weight excluding hydrogens is 100 g/mol. The van der Waals surface area contributed by atoms with Gasteiger partial charge in [0.2, 0.25) is 0 Å². The molecule has 0 rings (SSSR count). The van der Waals surface area contributed by atoms with Crippen molar-refractivity contribution in [3.63, 3.8) is 0 Å². The summed E-state index contributed by atoms with van der Waals surface area (Å²) in [6.07, 6.45) is 7.37. The number of nitrogens with zero attached hydrogens (tertiary/aromatic N) is 1. The summed E-state index contributed by atoms with van der Waals surface area (Å²) in [5, 5.41) is 10.5. The lowest BCUT2D eigenvalue weighted by molar-refractivity contribution is 0.668. The molecule has 0 aliphatic carbocycles. The Kier molecular flexibility index (Phi) is 3.44. The maximum Gasteiger partial charge on any atom is 0.176 e. The molecule has 8 heavy (non-hydrogen) atoms. The van der Waals surface area contributed by atoms with Gasteiger partial charge in [0.05, 0.1) is 0 Å². The molecule has 0 bridgehead atoms. The first kappa shape index (κ1) is 6.85. The molecule has 0 radical (unpaired) electrons. The summed E-state index contributed by atoms with van der Waals surface area (Å²) in [4.78, 5) is 0. The minimum absolute atomic E-state index is 0.116. The summed E-state index contributed by atoms with van der Waals surface area (Å²) in [6.45, 7) is 1.86. The van der Waals surface area contributed by atoms with Crippen molar-refractivity contribution in [3.05, 3.63) is 0 Å². The van der Waals surface area contributed by atoms with Gasteiger partial charge in [-0.2, -0.15) is 5.26 Å². The van der Waals surface area contributed by atoms with Crippen molar-refractivity contribution in [1.82, 2.24) is 5.32 Å². The largest absolute Gasteiger partial charge is 0.320 e. The lowest BCUT2D eigenvalue weighted by Gasteiger charge is -2.00. The molecule has 0 aromatic rings. The van der Waals surface area contributed by atoms with Crippen molar-refractivity contribution in [2.45, 2.75) is 19.4 Å². The number of nitrogens with one attached hydrogen (secondary N) is 1. The molecule has 1 N–H and O–H groups in total. The fourth-order valence-electron chi connectivity index (χ4n) is 0.338. The predicted octanol–water partition coefficient (Wildman–Crippen LogP) is 0.469. The second-order valence-corrected chi connectivity index (χ2v) is 1.57. The lowest BCUT2D eigenvalue weighted by atomic mass is 10.2. The number of nitriles is 1. The highest BCUT2D eigenvalue weighted by Crippen LogP contribution is 1.83. The molecule has 42 valence electrons. The van der Waals surface area contributed by atoms with E-state index >= 15 is 0 Å². The molecule has 1 atom stereocenters. The van der Waals surface area contributed by atoms with Gasteiger partial charge in [-0.3, -0.25) is 0 Å². The smallest absolute Gasteiger partial charge is 0.176 e. The third kappa shape index (κ3) is 3.06. The van der Waals surface area contributed by atoms with Gasteiger partial charge in [0.25, 0.3) is 0 Å². The molecule has 0 fully saturated rings. The van der Waals surface area contributed by atoms with E-state index in [0.29, 0.717) is 6.42 Å². The quantitative estimate of drug-likeness (QED) is 0.317. The zero-order valence-electron chi connectivity index (χ0n) is 4.81. The van der Waals surface area contributed by atoms with E-state index in [0.717, 1.165) is 0 Å². The van der Waals surface area contributed by atoms with E-state index in [1.807, 2.05) is 6.92 Å². The summed E-state index contributed by atoms with van der Waals surface area (Å²) in [5.74, 6) is 2.44. The highest BCUT2D eigenvalue weighted by Gasteiger charge is 1.92. The Balaban J connectivity index is 3.25. The van der Waals surface area contributed by atoms with Crippen molar-refractivity contribution in [1.29, 1.82) is 5.26 Å². The molecule has 0 heterocycles. The fraction of sp³-hybridized carbons (Fsp3) is 0.500. The van der Waals surface area contributed by atoms with E-state index in [2.05, 4.69) is 11.2 Å². The number of terminal acetylenes is 1. The van der Waals surface area contributed by atoms with Gasteiger partial charge in [-0.25, -0.2) is 0 Å². The predicted molar refractivity (Wildman–Crippen MR) is 31.7 cm³/mol. The van der Waals surface area contributed by atoms with Gasteiger partial charge in [0, 0.05) is 12.5 Å². The van der Waals surface area contributed by atoms with Crippen LogP contribution in [0.2, 0.25) is 0 Å². The molecule has 0 aromatic heterocycles. The van der Waals surface area contributed by atoms with Crippen molar-refractivity contribution < 1.29 is 0 Å². The average molecular weight is 108 g/mol. The molecule has 0 aliphatic rings. The van der Waals surface area contributed by atoms with Crippen LogP contribution in [0.5, 0.6) is 0 Å². The summed E-state index contributed by atoms with van der Waals surface area (Å²) in [7, 11) is 0. The van der Waals surface area contributed by atoms with Crippen molar-refractivity contribution >= 4 is 0 Å². The van der Waals surface area contributed by atoms with Gasteiger partial charge in [0.1, 0.15) is 0 Å². The summed E-state index contributed by atoms with van der Waals surface area (Å²) in [6, 6.07) is 0.116.